The molecule has 2 aliphatic rings. The molecule has 4 nitrogen and oxygen atoms in total. The van der Waals surface area contributed by atoms with Crippen LogP contribution < -0.4 is 0 Å². The number of benzene rings is 1. The number of likely N-dealkylation sites (tertiary alicyclic amines) is 1. The summed E-state index contributed by atoms with van der Waals surface area (Å²) < 4.78 is 11.5. The largest absolute Gasteiger partial charge is 0.378 e. The van der Waals surface area contributed by atoms with E-state index in [2.05, 4.69) is 24.3 Å². The van der Waals surface area contributed by atoms with E-state index in [1.54, 1.807) is 7.11 Å². The van der Waals surface area contributed by atoms with E-state index in [4.69, 9.17) is 9.47 Å². The Kier molecular flexibility index (Phi) is 6.27. The predicted molar refractivity (Wildman–Crippen MR) is 93.7 cm³/mol. The van der Waals surface area contributed by atoms with E-state index in [-0.39, 0.29) is 18.1 Å². The summed E-state index contributed by atoms with van der Waals surface area (Å²) in [5, 5.41) is 0. The number of nitrogens with zero attached hydrogens (tertiary/aromatic N) is 1. The quantitative estimate of drug-likeness (QED) is 0.828. The van der Waals surface area contributed by atoms with Crippen LogP contribution in [0.25, 0.3) is 0 Å². The first-order valence-electron chi connectivity index (χ1n) is 9.25. The van der Waals surface area contributed by atoms with Gasteiger partial charge in [0.15, 0.2) is 0 Å². The fourth-order valence-electron chi connectivity index (χ4n) is 3.99. The molecule has 0 spiro atoms. The summed E-state index contributed by atoms with van der Waals surface area (Å²) in [6.45, 7) is 2.48. The fraction of sp³-hybridized carbons (Fsp3) is 0.650. The van der Waals surface area contributed by atoms with Crippen molar-refractivity contribution in [3.63, 3.8) is 0 Å². The Balaban J connectivity index is 1.50. The summed E-state index contributed by atoms with van der Waals surface area (Å²) in [4.78, 5) is 14.5. The zero-order valence-electron chi connectivity index (χ0n) is 14.7. The predicted octanol–water partition coefficient (Wildman–Crippen LogP) is 3.57. The second-order valence-electron chi connectivity index (χ2n) is 6.98. The first kappa shape index (κ1) is 17.4. The molecule has 0 N–H and O–H groups in total. The normalized spacial score (nSPS) is 23.9. The minimum Gasteiger partial charge on any atom is -0.378 e. The van der Waals surface area contributed by atoms with Crippen LogP contribution in [-0.4, -0.2) is 43.7 Å². The third-order valence-electron chi connectivity index (χ3n) is 5.38. The standard InChI is InChI=1S/C20H29NO3/c1-23-20(16-7-3-2-4-8-16)17-10-12-21(13-11-17)19(22)15-18-9-5-6-14-24-18/h2-4,7-8,17-18,20H,5-6,9-15H2,1H3. The summed E-state index contributed by atoms with van der Waals surface area (Å²) in [5.41, 5.74) is 1.24. The number of carbonyl (C=O) groups is 1. The summed E-state index contributed by atoms with van der Waals surface area (Å²) in [6.07, 6.45) is 6.18. The molecule has 2 unspecified atom stereocenters. The molecular formula is C20H29NO3. The molecule has 1 aromatic carbocycles. The number of hydrogen-bond acceptors (Lipinski definition) is 3. The second kappa shape index (κ2) is 8.63. The van der Waals surface area contributed by atoms with Gasteiger partial charge in [-0.25, -0.2) is 0 Å². The zero-order chi connectivity index (χ0) is 16.8. The van der Waals surface area contributed by atoms with Gasteiger partial charge in [0.1, 0.15) is 0 Å². The lowest BCUT2D eigenvalue weighted by Crippen LogP contribution is -2.41. The van der Waals surface area contributed by atoms with Crippen LogP contribution in [0.2, 0.25) is 0 Å². The molecule has 132 valence electrons. The fourth-order valence-corrected chi connectivity index (χ4v) is 3.99. The van der Waals surface area contributed by atoms with Gasteiger partial charge in [-0.1, -0.05) is 30.3 Å². The number of carbonyl (C=O) groups excluding carboxylic acids is 1. The van der Waals surface area contributed by atoms with Crippen LogP contribution in [0.4, 0.5) is 0 Å². The lowest BCUT2D eigenvalue weighted by molar-refractivity contribution is -0.137. The van der Waals surface area contributed by atoms with E-state index in [0.29, 0.717) is 12.3 Å². The zero-order valence-corrected chi connectivity index (χ0v) is 14.7. The van der Waals surface area contributed by atoms with Gasteiger partial charge in [-0.2, -0.15) is 0 Å². The highest BCUT2D eigenvalue weighted by atomic mass is 16.5. The van der Waals surface area contributed by atoms with Crippen LogP contribution >= 0.6 is 0 Å². The van der Waals surface area contributed by atoms with Crippen molar-refractivity contribution in [3.8, 4) is 0 Å². The smallest absolute Gasteiger partial charge is 0.225 e. The average molecular weight is 331 g/mol. The molecule has 0 radical (unpaired) electrons. The SMILES string of the molecule is COC(c1ccccc1)C1CCN(C(=O)CC2CCCCO2)CC1. The number of rotatable bonds is 5. The minimum absolute atomic E-state index is 0.130. The highest BCUT2D eigenvalue weighted by Gasteiger charge is 2.30. The molecule has 24 heavy (non-hydrogen) atoms. The molecule has 1 aromatic rings. The van der Waals surface area contributed by atoms with E-state index in [1.807, 2.05) is 11.0 Å². The van der Waals surface area contributed by atoms with Crippen molar-refractivity contribution >= 4 is 5.91 Å². The maximum absolute atomic E-state index is 12.5. The van der Waals surface area contributed by atoms with Crippen molar-refractivity contribution in [1.82, 2.24) is 4.90 Å². The topological polar surface area (TPSA) is 38.8 Å². The Labute approximate surface area is 145 Å². The summed E-state index contributed by atoms with van der Waals surface area (Å²) in [7, 11) is 1.79. The van der Waals surface area contributed by atoms with Gasteiger partial charge in [0.25, 0.3) is 0 Å². The monoisotopic (exact) mass is 331 g/mol. The van der Waals surface area contributed by atoms with Gasteiger partial charge in [0.2, 0.25) is 5.91 Å². The maximum Gasteiger partial charge on any atom is 0.225 e. The van der Waals surface area contributed by atoms with Crippen LogP contribution in [-0.2, 0) is 14.3 Å². The lowest BCUT2D eigenvalue weighted by atomic mass is 9.87. The van der Waals surface area contributed by atoms with Gasteiger partial charge >= 0.3 is 0 Å². The van der Waals surface area contributed by atoms with Gasteiger partial charge in [-0.15, -0.1) is 0 Å². The van der Waals surface area contributed by atoms with Gasteiger partial charge in [-0.05, 0) is 43.6 Å². The molecule has 2 fully saturated rings. The van der Waals surface area contributed by atoms with E-state index < -0.39 is 0 Å². The van der Waals surface area contributed by atoms with Crippen molar-refractivity contribution in [2.24, 2.45) is 5.92 Å². The molecule has 2 atom stereocenters. The molecule has 0 aliphatic carbocycles. The average Bonchev–Trinajstić information content (AvgIpc) is 2.65. The maximum atomic E-state index is 12.5. The van der Waals surface area contributed by atoms with Gasteiger partial charge in [-0.3, -0.25) is 4.79 Å². The molecular weight excluding hydrogens is 302 g/mol. The number of methoxy groups -OCH3 is 1. The number of piperidine rings is 1. The molecule has 1 amide bonds. The van der Waals surface area contributed by atoms with E-state index in [1.165, 1.54) is 12.0 Å². The minimum atomic E-state index is 0.130. The van der Waals surface area contributed by atoms with Gasteiger partial charge in [0, 0.05) is 26.8 Å². The van der Waals surface area contributed by atoms with Crippen molar-refractivity contribution in [2.75, 3.05) is 26.8 Å². The summed E-state index contributed by atoms with van der Waals surface area (Å²) in [6, 6.07) is 10.4. The highest BCUT2D eigenvalue weighted by Crippen LogP contribution is 2.33. The van der Waals surface area contributed by atoms with Gasteiger partial charge < -0.3 is 14.4 Å². The van der Waals surface area contributed by atoms with Crippen molar-refractivity contribution in [1.29, 1.82) is 0 Å². The number of ether oxygens (including phenoxy) is 2. The molecule has 0 aromatic heterocycles. The molecule has 2 saturated heterocycles. The molecule has 0 bridgehead atoms. The van der Waals surface area contributed by atoms with E-state index in [9.17, 15) is 4.79 Å². The van der Waals surface area contributed by atoms with Crippen LogP contribution in [0.15, 0.2) is 30.3 Å². The van der Waals surface area contributed by atoms with Crippen LogP contribution in [0, 0.1) is 5.92 Å². The van der Waals surface area contributed by atoms with Crippen molar-refractivity contribution < 1.29 is 14.3 Å². The van der Waals surface area contributed by atoms with Crippen molar-refractivity contribution in [2.45, 2.75) is 50.7 Å². The molecule has 3 rings (SSSR count). The second-order valence-corrected chi connectivity index (χ2v) is 6.98. The van der Waals surface area contributed by atoms with Gasteiger partial charge in [0.05, 0.1) is 18.6 Å². The number of hydrogen-bond donors (Lipinski definition) is 0. The van der Waals surface area contributed by atoms with Crippen LogP contribution in [0.3, 0.4) is 0 Å². The lowest BCUT2D eigenvalue weighted by Gasteiger charge is -2.36. The first-order chi connectivity index (χ1) is 11.8. The Morgan fingerprint density at radius 1 is 1.21 bits per heavy atom. The van der Waals surface area contributed by atoms with Crippen LogP contribution in [0.5, 0.6) is 0 Å². The third-order valence-corrected chi connectivity index (χ3v) is 5.38. The van der Waals surface area contributed by atoms with E-state index >= 15 is 0 Å². The summed E-state index contributed by atoms with van der Waals surface area (Å²) in [5.74, 6) is 0.737. The Hall–Kier alpha value is -1.39. The summed E-state index contributed by atoms with van der Waals surface area (Å²) >= 11 is 0. The highest BCUT2D eigenvalue weighted by molar-refractivity contribution is 5.76. The van der Waals surface area contributed by atoms with Crippen LogP contribution in [0.1, 0.15) is 50.2 Å². The number of amides is 1. The third kappa shape index (κ3) is 4.37. The molecule has 2 heterocycles. The Bertz CT molecular complexity index is 505. The molecule has 2 aliphatic heterocycles. The Morgan fingerprint density at radius 3 is 2.58 bits per heavy atom. The first-order valence-corrected chi connectivity index (χ1v) is 9.25. The Morgan fingerprint density at radius 2 is 1.96 bits per heavy atom. The van der Waals surface area contributed by atoms with E-state index in [0.717, 1.165) is 45.4 Å². The van der Waals surface area contributed by atoms with Crippen molar-refractivity contribution in [3.05, 3.63) is 35.9 Å². The molecule has 4 heteroatoms. The molecule has 0 saturated carbocycles.